The van der Waals surface area contributed by atoms with Gasteiger partial charge in [-0.1, -0.05) is 19.3 Å². The van der Waals surface area contributed by atoms with Gasteiger partial charge in [-0.05, 0) is 54.8 Å². The molecule has 1 amide bonds. The summed E-state index contributed by atoms with van der Waals surface area (Å²) in [5, 5.41) is 5.39. The van der Waals surface area contributed by atoms with Crippen LogP contribution in [0.3, 0.4) is 0 Å². The second kappa shape index (κ2) is 9.95. The number of hydrogen-bond donors (Lipinski definition) is 1. The monoisotopic (exact) mass is 459 g/mol. The number of carbonyl (C=O) groups excluding carboxylic acids is 1. The predicted molar refractivity (Wildman–Crippen MR) is 129 cm³/mol. The van der Waals surface area contributed by atoms with Crippen LogP contribution < -0.4 is 5.32 Å². The van der Waals surface area contributed by atoms with Gasteiger partial charge in [0, 0.05) is 36.4 Å². The van der Waals surface area contributed by atoms with Crippen molar-refractivity contribution in [3.8, 4) is 0 Å². The highest BCUT2D eigenvalue weighted by Crippen LogP contribution is 2.34. The normalized spacial score (nSPS) is 14.7. The lowest BCUT2D eigenvalue weighted by molar-refractivity contribution is 0.101. The summed E-state index contributed by atoms with van der Waals surface area (Å²) in [5.41, 5.74) is 3.31. The quantitative estimate of drug-likeness (QED) is 0.375. The Kier molecular flexibility index (Phi) is 6.44. The number of nitrogens with one attached hydrogen (secondary N) is 1. The average Bonchev–Trinajstić information content (AvgIpc) is 3.60. The van der Waals surface area contributed by atoms with E-state index in [4.69, 9.17) is 4.42 Å². The largest absolute Gasteiger partial charge is 0.448 e. The Bertz CT molecular complexity index is 1230. The first-order valence-corrected chi connectivity index (χ1v) is 12.1. The molecule has 8 heteroatoms. The van der Waals surface area contributed by atoms with Crippen molar-refractivity contribution in [2.45, 2.75) is 44.6 Å². The van der Waals surface area contributed by atoms with E-state index >= 15 is 0 Å². The molecule has 4 aromatic rings. The van der Waals surface area contributed by atoms with Crippen molar-refractivity contribution in [1.82, 2.24) is 19.5 Å². The number of anilines is 1. The van der Waals surface area contributed by atoms with E-state index in [1.54, 1.807) is 12.4 Å². The molecule has 0 aliphatic heterocycles. The molecule has 4 aromatic heterocycles. The molecule has 1 saturated carbocycles. The van der Waals surface area contributed by atoms with Gasteiger partial charge < -0.3 is 8.98 Å². The number of nitrogens with zero attached hydrogens (tertiary/aromatic N) is 4. The van der Waals surface area contributed by atoms with Crippen LogP contribution in [0.1, 0.15) is 71.2 Å². The molecular weight excluding hydrogens is 434 g/mol. The van der Waals surface area contributed by atoms with Crippen molar-refractivity contribution >= 4 is 34.5 Å². The molecule has 7 nitrogen and oxygen atoms in total. The van der Waals surface area contributed by atoms with E-state index in [1.165, 1.54) is 37.0 Å². The molecule has 0 bridgehead atoms. The Labute approximate surface area is 196 Å². The molecule has 1 N–H and O–H groups in total. The molecule has 168 valence electrons. The minimum absolute atomic E-state index is 0.185. The second-order valence-corrected chi connectivity index (χ2v) is 9.04. The van der Waals surface area contributed by atoms with E-state index in [-0.39, 0.29) is 5.91 Å². The lowest BCUT2D eigenvalue weighted by Crippen LogP contribution is -2.17. The zero-order chi connectivity index (χ0) is 22.5. The minimum Gasteiger partial charge on any atom is -0.448 e. The third kappa shape index (κ3) is 5.12. The maximum absolute atomic E-state index is 12.8. The van der Waals surface area contributed by atoms with Gasteiger partial charge in [0.25, 0.3) is 5.91 Å². The first kappa shape index (κ1) is 21.3. The SMILES string of the molecule is O=C(Nc1nc(/C=C/c2ncoc2C2CCCCC2)cs1)c1cccn1Cc1ccncc1. The summed E-state index contributed by atoms with van der Waals surface area (Å²) in [6.45, 7) is 0.602. The predicted octanol–water partition coefficient (Wildman–Crippen LogP) is 5.85. The van der Waals surface area contributed by atoms with Crippen molar-refractivity contribution < 1.29 is 9.21 Å². The van der Waals surface area contributed by atoms with Crippen LogP contribution in [0.5, 0.6) is 0 Å². The molecule has 0 spiro atoms. The van der Waals surface area contributed by atoms with Gasteiger partial charge in [0.15, 0.2) is 11.5 Å². The molecule has 1 aliphatic carbocycles. The number of oxazole rings is 1. The molecule has 0 radical (unpaired) electrons. The summed E-state index contributed by atoms with van der Waals surface area (Å²) < 4.78 is 7.62. The van der Waals surface area contributed by atoms with Crippen molar-refractivity contribution in [2.75, 3.05) is 5.32 Å². The maximum atomic E-state index is 12.8. The Morgan fingerprint density at radius 2 is 2.03 bits per heavy atom. The number of aromatic nitrogens is 4. The smallest absolute Gasteiger partial charge is 0.274 e. The first-order valence-electron chi connectivity index (χ1n) is 11.2. The van der Waals surface area contributed by atoms with Gasteiger partial charge in [0.1, 0.15) is 17.1 Å². The van der Waals surface area contributed by atoms with Crippen LogP contribution in [0.4, 0.5) is 5.13 Å². The number of rotatable bonds is 7. The van der Waals surface area contributed by atoms with Gasteiger partial charge in [-0.25, -0.2) is 9.97 Å². The lowest BCUT2D eigenvalue weighted by Gasteiger charge is -2.19. The van der Waals surface area contributed by atoms with E-state index < -0.39 is 0 Å². The molecule has 33 heavy (non-hydrogen) atoms. The molecule has 5 rings (SSSR count). The molecule has 0 aromatic carbocycles. The van der Waals surface area contributed by atoms with E-state index in [2.05, 4.69) is 20.3 Å². The van der Waals surface area contributed by atoms with Crippen LogP contribution in [-0.4, -0.2) is 25.4 Å². The van der Waals surface area contributed by atoms with Crippen LogP contribution in [0, 0.1) is 0 Å². The summed E-state index contributed by atoms with van der Waals surface area (Å²) in [6, 6.07) is 7.56. The average molecular weight is 460 g/mol. The number of carbonyl (C=O) groups is 1. The second-order valence-electron chi connectivity index (χ2n) is 8.18. The minimum atomic E-state index is -0.185. The topological polar surface area (TPSA) is 85.8 Å². The zero-order valence-corrected chi connectivity index (χ0v) is 19.0. The first-order chi connectivity index (χ1) is 16.3. The molecule has 1 aliphatic rings. The van der Waals surface area contributed by atoms with Crippen LogP contribution in [0.2, 0.25) is 0 Å². The van der Waals surface area contributed by atoms with Crippen LogP contribution in [-0.2, 0) is 6.54 Å². The third-order valence-electron chi connectivity index (χ3n) is 5.92. The van der Waals surface area contributed by atoms with Gasteiger partial charge in [-0.3, -0.25) is 15.1 Å². The van der Waals surface area contributed by atoms with Crippen molar-refractivity contribution in [3.63, 3.8) is 0 Å². The summed E-state index contributed by atoms with van der Waals surface area (Å²) in [5.74, 6) is 1.24. The zero-order valence-electron chi connectivity index (χ0n) is 18.2. The Morgan fingerprint density at radius 3 is 2.88 bits per heavy atom. The lowest BCUT2D eigenvalue weighted by atomic mass is 9.87. The van der Waals surface area contributed by atoms with Gasteiger partial charge in [0.2, 0.25) is 0 Å². The standard InChI is InChI=1S/C25H25N5O2S/c31-24(22-7-4-14-30(22)15-18-10-12-26-13-11-18)29-25-28-20(16-33-25)8-9-21-23(32-17-27-21)19-5-2-1-3-6-19/h4,7-14,16-17,19H,1-3,5-6,15H2,(H,28,29,31)/b9-8+. The number of thiazole rings is 1. The molecule has 4 heterocycles. The van der Waals surface area contributed by atoms with Crippen molar-refractivity contribution in [2.24, 2.45) is 0 Å². The summed E-state index contributed by atoms with van der Waals surface area (Å²) in [6.07, 6.45) is 16.9. The maximum Gasteiger partial charge on any atom is 0.274 e. The highest BCUT2D eigenvalue weighted by atomic mass is 32.1. The Hall–Kier alpha value is -3.52. The van der Waals surface area contributed by atoms with Gasteiger partial charge in [0.05, 0.1) is 5.69 Å². The number of amides is 1. The molecule has 1 fully saturated rings. The fourth-order valence-electron chi connectivity index (χ4n) is 4.25. The molecule has 0 unspecified atom stereocenters. The number of pyridine rings is 1. The summed E-state index contributed by atoms with van der Waals surface area (Å²) in [7, 11) is 0. The van der Waals surface area contributed by atoms with E-state index in [9.17, 15) is 4.79 Å². The van der Waals surface area contributed by atoms with E-state index in [0.29, 0.717) is 23.3 Å². The number of hydrogen-bond acceptors (Lipinski definition) is 6. The van der Waals surface area contributed by atoms with Crippen LogP contribution in [0.15, 0.2) is 59.0 Å². The van der Waals surface area contributed by atoms with Crippen molar-refractivity contribution in [1.29, 1.82) is 0 Å². The summed E-state index contributed by atoms with van der Waals surface area (Å²) in [4.78, 5) is 25.8. The van der Waals surface area contributed by atoms with Crippen LogP contribution in [0.25, 0.3) is 12.2 Å². The molecule has 0 atom stereocenters. The molecular formula is C25H25N5O2S. The highest BCUT2D eigenvalue weighted by Gasteiger charge is 2.21. The highest BCUT2D eigenvalue weighted by molar-refractivity contribution is 7.14. The molecule has 0 saturated heterocycles. The summed E-state index contributed by atoms with van der Waals surface area (Å²) >= 11 is 1.40. The Morgan fingerprint density at radius 1 is 1.18 bits per heavy atom. The fraction of sp³-hybridized carbons (Fsp3) is 0.280. The van der Waals surface area contributed by atoms with Gasteiger partial charge in [-0.2, -0.15) is 0 Å². The third-order valence-corrected chi connectivity index (χ3v) is 6.69. The van der Waals surface area contributed by atoms with E-state index in [1.807, 2.05) is 52.6 Å². The van der Waals surface area contributed by atoms with Gasteiger partial charge in [-0.15, -0.1) is 11.3 Å². The van der Waals surface area contributed by atoms with E-state index in [0.717, 1.165) is 35.6 Å². The Balaban J connectivity index is 1.24. The van der Waals surface area contributed by atoms with Crippen LogP contribution >= 0.6 is 11.3 Å². The van der Waals surface area contributed by atoms with Gasteiger partial charge >= 0.3 is 0 Å². The fourth-order valence-corrected chi connectivity index (χ4v) is 4.92. The van der Waals surface area contributed by atoms with Crippen molar-refractivity contribution in [3.05, 3.63) is 83.0 Å².